The summed E-state index contributed by atoms with van der Waals surface area (Å²) in [6.07, 6.45) is 1.71. The largest absolute Gasteiger partial charge is 0.480 e. The Hall–Kier alpha value is -1.10. The van der Waals surface area contributed by atoms with Crippen LogP contribution in [0.3, 0.4) is 0 Å². The first-order valence-corrected chi connectivity index (χ1v) is 4.81. The van der Waals surface area contributed by atoms with Gasteiger partial charge in [-0.3, -0.25) is 9.59 Å². The first-order chi connectivity index (χ1) is 6.61. The fourth-order valence-corrected chi connectivity index (χ4v) is 1.14. The molecule has 82 valence electrons. The number of rotatable bonds is 7. The highest BCUT2D eigenvalue weighted by Crippen LogP contribution is 1.98. The first-order valence-electron chi connectivity index (χ1n) is 4.81. The van der Waals surface area contributed by atoms with Crippen LogP contribution in [-0.4, -0.2) is 41.5 Å². The van der Waals surface area contributed by atoms with Gasteiger partial charge in [0.2, 0.25) is 5.91 Å². The van der Waals surface area contributed by atoms with Crippen molar-refractivity contribution in [2.75, 3.05) is 19.6 Å². The zero-order chi connectivity index (χ0) is 11.0. The summed E-state index contributed by atoms with van der Waals surface area (Å²) in [7, 11) is 0. The summed E-state index contributed by atoms with van der Waals surface area (Å²) >= 11 is 0. The monoisotopic (exact) mass is 202 g/mol. The van der Waals surface area contributed by atoms with Gasteiger partial charge >= 0.3 is 5.97 Å². The molecule has 0 bridgehead atoms. The van der Waals surface area contributed by atoms with Gasteiger partial charge in [-0.05, 0) is 19.4 Å². The molecule has 3 N–H and O–H groups in total. The molecule has 0 aromatic rings. The van der Waals surface area contributed by atoms with Crippen molar-refractivity contribution in [2.45, 2.75) is 26.2 Å². The normalized spacial score (nSPS) is 9.86. The Bertz CT molecular complexity index is 194. The van der Waals surface area contributed by atoms with Gasteiger partial charge in [0.1, 0.15) is 6.54 Å². The van der Waals surface area contributed by atoms with Crippen molar-refractivity contribution < 1.29 is 14.7 Å². The minimum Gasteiger partial charge on any atom is -0.480 e. The summed E-state index contributed by atoms with van der Waals surface area (Å²) in [5.74, 6) is -1.10. The van der Waals surface area contributed by atoms with Crippen LogP contribution in [0, 0.1) is 0 Å². The van der Waals surface area contributed by atoms with Gasteiger partial charge in [-0.15, -0.1) is 0 Å². The third-order valence-corrected chi connectivity index (χ3v) is 1.77. The average Bonchev–Trinajstić information content (AvgIpc) is 2.13. The number of carboxylic acids is 1. The van der Waals surface area contributed by atoms with Crippen LogP contribution < -0.4 is 5.73 Å². The maximum absolute atomic E-state index is 11.4. The zero-order valence-electron chi connectivity index (χ0n) is 8.53. The molecular formula is C9H18N2O3. The summed E-state index contributed by atoms with van der Waals surface area (Å²) in [5.41, 5.74) is 5.27. The number of hydrogen-bond acceptors (Lipinski definition) is 3. The van der Waals surface area contributed by atoms with Crippen molar-refractivity contribution in [3.05, 3.63) is 0 Å². The van der Waals surface area contributed by atoms with E-state index < -0.39 is 5.97 Å². The molecule has 0 aliphatic rings. The van der Waals surface area contributed by atoms with Crippen LogP contribution in [0.15, 0.2) is 0 Å². The van der Waals surface area contributed by atoms with E-state index in [1.807, 2.05) is 6.92 Å². The first kappa shape index (κ1) is 12.9. The SMILES string of the molecule is CCCN(CC(=O)O)C(=O)CCCN. The molecular weight excluding hydrogens is 184 g/mol. The van der Waals surface area contributed by atoms with Gasteiger partial charge in [0, 0.05) is 13.0 Å². The molecule has 0 radical (unpaired) electrons. The molecule has 0 saturated heterocycles. The van der Waals surface area contributed by atoms with Crippen LogP contribution in [0.4, 0.5) is 0 Å². The molecule has 0 fully saturated rings. The van der Waals surface area contributed by atoms with Crippen molar-refractivity contribution in [2.24, 2.45) is 5.73 Å². The van der Waals surface area contributed by atoms with E-state index in [1.54, 1.807) is 0 Å². The number of carbonyl (C=O) groups excluding carboxylic acids is 1. The van der Waals surface area contributed by atoms with E-state index in [0.717, 1.165) is 6.42 Å². The Kier molecular flexibility index (Phi) is 6.74. The number of carbonyl (C=O) groups is 2. The van der Waals surface area contributed by atoms with Crippen LogP contribution >= 0.6 is 0 Å². The second kappa shape index (κ2) is 7.32. The molecule has 0 aromatic heterocycles. The minimum absolute atomic E-state index is 0.125. The second-order valence-corrected chi connectivity index (χ2v) is 3.10. The van der Waals surface area contributed by atoms with Crippen molar-refractivity contribution in [1.82, 2.24) is 4.90 Å². The minimum atomic E-state index is -0.973. The van der Waals surface area contributed by atoms with Crippen LogP contribution in [-0.2, 0) is 9.59 Å². The Morgan fingerprint density at radius 1 is 1.43 bits per heavy atom. The van der Waals surface area contributed by atoms with Crippen LogP contribution in [0.5, 0.6) is 0 Å². The van der Waals surface area contributed by atoms with Crippen molar-refractivity contribution in [3.63, 3.8) is 0 Å². The molecule has 0 saturated carbocycles. The lowest BCUT2D eigenvalue weighted by atomic mass is 10.2. The molecule has 5 heteroatoms. The molecule has 1 amide bonds. The van der Waals surface area contributed by atoms with Crippen LogP contribution in [0.25, 0.3) is 0 Å². The van der Waals surface area contributed by atoms with Crippen molar-refractivity contribution in [1.29, 1.82) is 0 Å². The van der Waals surface area contributed by atoms with Gasteiger partial charge in [0.05, 0.1) is 0 Å². The average molecular weight is 202 g/mol. The predicted octanol–water partition coefficient (Wildman–Crippen LogP) is 0.0485. The molecule has 14 heavy (non-hydrogen) atoms. The zero-order valence-corrected chi connectivity index (χ0v) is 8.53. The Morgan fingerprint density at radius 3 is 2.50 bits per heavy atom. The summed E-state index contributed by atoms with van der Waals surface area (Å²) in [5, 5.41) is 8.57. The fraction of sp³-hybridized carbons (Fsp3) is 0.778. The maximum atomic E-state index is 11.4. The number of amides is 1. The van der Waals surface area contributed by atoms with Gasteiger partial charge in [0.25, 0.3) is 0 Å². The predicted molar refractivity (Wildman–Crippen MR) is 52.8 cm³/mol. The standard InChI is InChI=1S/C9H18N2O3/c1-2-6-11(7-9(13)14)8(12)4-3-5-10/h2-7,10H2,1H3,(H,13,14). The lowest BCUT2D eigenvalue weighted by Crippen LogP contribution is -2.36. The molecule has 0 aromatic carbocycles. The van der Waals surface area contributed by atoms with Crippen molar-refractivity contribution in [3.8, 4) is 0 Å². The van der Waals surface area contributed by atoms with E-state index in [9.17, 15) is 9.59 Å². The summed E-state index contributed by atoms with van der Waals surface area (Å²) < 4.78 is 0. The number of hydrogen-bond donors (Lipinski definition) is 2. The van der Waals surface area contributed by atoms with Gasteiger partial charge in [0.15, 0.2) is 0 Å². The van der Waals surface area contributed by atoms with Gasteiger partial charge in [-0.25, -0.2) is 0 Å². The van der Waals surface area contributed by atoms with Gasteiger partial charge < -0.3 is 15.7 Å². The lowest BCUT2D eigenvalue weighted by molar-refractivity contribution is -0.144. The Labute approximate surface area is 83.9 Å². The number of aliphatic carboxylic acids is 1. The van der Waals surface area contributed by atoms with Gasteiger partial charge in [-0.2, -0.15) is 0 Å². The Balaban J connectivity index is 4.03. The van der Waals surface area contributed by atoms with E-state index >= 15 is 0 Å². The summed E-state index contributed by atoms with van der Waals surface area (Å²) in [6.45, 7) is 2.65. The molecule has 0 rings (SSSR count). The van der Waals surface area contributed by atoms with E-state index in [-0.39, 0.29) is 12.5 Å². The van der Waals surface area contributed by atoms with E-state index in [2.05, 4.69) is 0 Å². The number of carboxylic acid groups (broad SMARTS) is 1. The molecule has 0 aliphatic carbocycles. The molecule has 0 heterocycles. The molecule has 0 spiro atoms. The lowest BCUT2D eigenvalue weighted by Gasteiger charge is -2.19. The smallest absolute Gasteiger partial charge is 0.323 e. The Morgan fingerprint density at radius 2 is 2.07 bits per heavy atom. The molecule has 0 aliphatic heterocycles. The number of nitrogens with zero attached hydrogens (tertiary/aromatic N) is 1. The quantitative estimate of drug-likeness (QED) is 0.611. The van der Waals surface area contributed by atoms with Crippen LogP contribution in [0.2, 0.25) is 0 Å². The maximum Gasteiger partial charge on any atom is 0.323 e. The topological polar surface area (TPSA) is 83.6 Å². The van der Waals surface area contributed by atoms with Crippen molar-refractivity contribution >= 4 is 11.9 Å². The highest BCUT2D eigenvalue weighted by Gasteiger charge is 2.14. The third kappa shape index (κ3) is 5.53. The fourth-order valence-electron chi connectivity index (χ4n) is 1.14. The molecule has 0 atom stereocenters. The third-order valence-electron chi connectivity index (χ3n) is 1.77. The summed E-state index contributed by atoms with van der Waals surface area (Å²) in [6, 6.07) is 0. The van der Waals surface area contributed by atoms with E-state index in [4.69, 9.17) is 10.8 Å². The van der Waals surface area contributed by atoms with Gasteiger partial charge in [-0.1, -0.05) is 6.92 Å². The number of nitrogens with two attached hydrogens (primary N) is 1. The summed E-state index contributed by atoms with van der Waals surface area (Å²) in [4.78, 5) is 23.2. The molecule has 5 nitrogen and oxygen atoms in total. The molecule has 0 unspecified atom stereocenters. The van der Waals surface area contributed by atoms with E-state index in [0.29, 0.717) is 25.9 Å². The van der Waals surface area contributed by atoms with E-state index in [1.165, 1.54) is 4.90 Å². The highest BCUT2D eigenvalue weighted by molar-refractivity contribution is 5.81. The van der Waals surface area contributed by atoms with Crippen LogP contribution in [0.1, 0.15) is 26.2 Å². The second-order valence-electron chi connectivity index (χ2n) is 3.10. The highest BCUT2D eigenvalue weighted by atomic mass is 16.4.